The Kier molecular flexibility index (Phi) is 11.7. The number of rotatable bonds is 13. The number of benzene rings is 4. The van der Waals surface area contributed by atoms with Crippen molar-refractivity contribution < 1.29 is 22.7 Å². The first-order valence-electron chi connectivity index (χ1n) is 15.5. The van der Waals surface area contributed by atoms with E-state index < -0.39 is 34.1 Å². The molecule has 0 aliphatic heterocycles. The number of nitrogens with one attached hydrogen (secondary N) is 1. The first kappa shape index (κ1) is 35.5. The molecule has 4 aromatic carbocycles. The van der Waals surface area contributed by atoms with E-state index in [2.05, 4.69) is 5.32 Å². The van der Waals surface area contributed by atoms with Crippen molar-refractivity contribution in [1.82, 2.24) is 10.2 Å². The zero-order chi connectivity index (χ0) is 34.2. The van der Waals surface area contributed by atoms with Crippen molar-refractivity contribution in [3.8, 4) is 5.75 Å². The lowest BCUT2D eigenvalue weighted by Gasteiger charge is -2.35. The van der Waals surface area contributed by atoms with Gasteiger partial charge in [0.2, 0.25) is 11.8 Å². The minimum Gasteiger partial charge on any atom is -0.494 e. The van der Waals surface area contributed by atoms with E-state index in [1.165, 1.54) is 17.0 Å². The first-order chi connectivity index (χ1) is 22.3. The molecule has 0 aliphatic carbocycles. The van der Waals surface area contributed by atoms with Gasteiger partial charge in [0.05, 0.1) is 17.2 Å². The van der Waals surface area contributed by atoms with Gasteiger partial charge in [-0.2, -0.15) is 0 Å². The third-order valence-electron chi connectivity index (χ3n) is 7.36. The van der Waals surface area contributed by atoms with Crippen LogP contribution < -0.4 is 14.4 Å². The molecule has 4 rings (SSSR count). The predicted molar refractivity (Wildman–Crippen MR) is 187 cm³/mol. The smallest absolute Gasteiger partial charge is 0.264 e. The Balaban J connectivity index is 1.81. The van der Waals surface area contributed by atoms with Crippen molar-refractivity contribution >= 4 is 39.1 Å². The normalized spacial score (nSPS) is 12.2. The number of amides is 2. The van der Waals surface area contributed by atoms with Gasteiger partial charge in [-0.15, -0.1) is 0 Å². The van der Waals surface area contributed by atoms with E-state index in [0.717, 1.165) is 21.0 Å². The standard InChI is InChI=1S/C37H42ClN3O5S/c1-6-46-32-20-18-31(19-21-32)41(47(44,45)33-22-12-27(2)13-23-33)26-35(42)40(25-29-14-16-30(38)17-15-29)34(36(43)39-37(3,4)5)24-28-10-8-7-9-11-28/h7-23,34H,6,24-26H2,1-5H3,(H,39,43). The molecule has 2 amide bonds. The number of ether oxygens (including phenoxy) is 1. The highest BCUT2D eigenvalue weighted by Crippen LogP contribution is 2.27. The van der Waals surface area contributed by atoms with Gasteiger partial charge in [-0.1, -0.05) is 71.8 Å². The Morgan fingerprint density at radius 1 is 0.851 bits per heavy atom. The molecule has 0 spiro atoms. The number of anilines is 1. The van der Waals surface area contributed by atoms with Crippen LogP contribution in [0.2, 0.25) is 5.02 Å². The lowest BCUT2D eigenvalue weighted by molar-refractivity contribution is -0.140. The second-order valence-corrected chi connectivity index (χ2v) is 14.6. The van der Waals surface area contributed by atoms with Crippen molar-refractivity contribution in [2.24, 2.45) is 0 Å². The van der Waals surface area contributed by atoms with Gasteiger partial charge in [0, 0.05) is 23.5 Å². The van der Waals surface area contributed by atoms with E-state index in [9.17, 15) is 18.0 Å². The number of nitrogens with zero attached hydrogens (tertiary/aromatic N) is 2. The van der Waals surface area contributed by atoms with Gasteiger partial charge in [0.15, 0.2) is 0 Å². The van der Waals surface area contributed by atoms with Crippen LogP contribution in [0.3, 0.4) is 0 Å². The number of halogens is 1. The summed E-state index contributed by atoms with van der Waals surface area (Å²) in [5.41, 5.74) is 2.19. The molecule has 0 bridgehead atoms. The molecule has 248 valence electrons. The highest BCUT2D eigenvalue weighted by atomic mass is 35.5. The molecule has 0 fully saturated rings. The zero-order valence-corrected chi connectivity index (χ0v) is 29.0. The van der Waals surface area contributed by atoms with E-state index in [-0.39, 0.29) is 29.5 Å². The first-order valence-corrected chi connectivity index (χ1v) is 17.3. The molecule has 47 heavy (non-hydrogen) atoms. The average molecular weight is 676 g/mol. The van der Waals surface area contributed by atoms with Crippen LogP contribution in [0.25, 0.3) is 0 Å². The number of carbonyl (C=O) groups excluding carboxylic acids is 2. The Morgan fingerprint density at radius 3 is 2.04 bits per heavy atom. The second kappa shape index (κ2) is 15.5. The maximum absolute atomic E-state index is 14.6. The summed E-state index contributed by atoms with van der Waals surface area (Å²) in [5.74, 6) is -0.325. The summed E-state index contributed by atoms with van der Waals surface area (Å²) < 4.78 is 35.1. The molecule has 0 aromatic heterocycles. The number of aryl methyl sites for hydroxylation is 1. The molecule has 0 radical (unpaired) electrons. The largest absolute Gasteiger partial charge is 0.494 e. The van der Waals surface area contributed by atoms with Gasteiger partial charge in [0.1, 0.15) is 18.3 Å². The van der Waals surface area contributed by atoms with Gasteiger partial charge < -0.3 is 15.0 Å². The summed E-state index contributed by atoms with van der Waals surface area (Å²) in [5, 5.41) is 3.57. The Bertz CT molecular complexity index is 1740. The monoisotopic (exact) mass is 675 g/mol. The minimum atomic E-state index is -4.21. The third-order valence-corrected chi connectivity index (χ3v) is 9.40. The molecule has 1 N–H and O–H groups in total. The molecular weight excluding hydrogens is 634 g/mol. The number of hydrogen-bond donors (Lipinski definition) is 1. The fraction of sp³-hybridized carbons (Fsp3) is 0.297. The van der Waals surface area contributed by atoms with Gasteiger partial charge in [0.25, 0.3) is 10.0 Å². The van der Waals surface area contributed by atoms with E-state index in [1.54, 1.807) is 60.7 Å². The van der Waals surface area contributed by atoms with E-state index in [4.69, 9.17) is 16.3 Å². The number of hydrogen-bond acceptors (Lipinski definition) is 5. The van der Waals surface area contributed by atoms with E-state index >= 15 is 0 Å². The van der Waals surface area contributed by atoms with E-state index in [1.807, 2.05) is 65.0 Å². The van der Waals surface area contributed by atoms with Crippen LogP contribution in [0.5, 0.6) is 5.75 Å². The van der Waals surface area contributed by atoms with Crippen LogP contribution in [0.1, 0.15) is 44.4 Å². The molecule has 0 heterocycles. The summed E-state index contributed by atoms with van der Waals surface area (Å²) in [6.45, 7) is 9.29. The molecule has 4 aromatic rings. The average Bonchev–Trinajstić information content (AvgIpc) is 3.03. The molecule has 8 nitrogen and oxygen atoms in total. The molecule has 10 heteroatoms. The van der Waals surface area contributed by atoms with Crippen LogP contribution >= 0.6 is 11.6 Å². The van der Waals surface area contributed by atoms with Crippen LogP contribution in [-0.4, -0.2) is 49.9 Å². The molecule has 0 saturated carbocycles. The van der Waals surface area contributed by atoms with Gasteiger partial charge in [-0.25, -0.2) is 8.42 Å². The van der Waals surface area contributed by atoms with Crippen LogP contribution in [-0.2, 0) is 32.6 Å². The summed E-state index contributed by atoms with van der Waals surface area (Å²) in [4.78, 5) is 30.1. The van der Waals surface area contributed by atoms with Gasteiger partial charge in [-0.3, -0.25) is 13.9 Å². The second-order valence-electron chi connectivity index (χ2n) is 12.3. The van der Waals surface area contributed by atoms with Crippen molar-refractivity contribution in [2.75, 3.05) is 17.5 Å². The topological polar surface area (TPSA) is 96.0 Å². The van der Waals surface area contributed by atoms with Crippen LogP contribution in [0.4, 0.5) is 5.69 Å². The number of sulfonamides is 1. The van der Waals surface area contributed by atoms with Gasteiger partial charge in [-0.05, 0) is 94.3 Å². The molecule has 1 atom stereocenters. The molecule has 0 aliphatic rings. The summed E-state index contributed by atoms with van der Waals surface area (Å²) in [7, 11) is -4.21. The van der Waals surface area contributed by atoms with Crippen molar-refractivity contribution in [3.05, 3.63) is 125 Å². The molecule has 0 saturated heterocycles. The van der Waals surface area contributed by atoms with Gasteiger partial charge >= 0.3 is 0 Å². The van der Waals surface area contributed by atoms with Crippen molar-refractivity contribution in [3.63, 3.8) is 0 Å². The minimum absolute atomic E-state index is 0.0420. The van der Waals surface area contributed by atoms with Crippen molar-refractivity contribution in [1.29, 1.82) is 0 Å². The lowest BCUT2D eigenvalue weighted by Crippen LogP contribution is -2.56. The lowest BCUT2D eigenvalue weighted by atomic mass is 10.0. The number of carbonyl (C=O) groups is 2. The Labute approximate surface area is 283 Å². The predicted octanol–water partition coefficient (Wildman–Crippen LogP) is 6.80. The third kappa shape index (κ3) is 9.83. The highest BCUT2D eigenvalue weighted by Gasteiger charge is 2.35. The summed E-state index contributed by atoms with van der Waals surface area (Å²) >= 11 is 6.16. The quantitative estimate of drug-likeness (QED) is 0.168. The fourth-order valence-electron chi connectivity index (χ4n) is 5.03. The van der Waals surface area contributed by atoms with E-state index in [0.29, 0.717) is 17.4 Å². The Hall–Kier alpha value is -4.34. The fourth-order valence-corrected chi connectivity index (χ4v) is 6.58. The molecule has 1 unspecified atom stereocenters. The maximum Gasteiger partial charge on any atom is 0.264 e. The summed E-state index contributed by atoms with van der Waals surface area (Å²) in [6, 6.07) is 28.5. The highest BCUT2D eigenvalue weighted by molar-refractivity contribution is 7.92. The van der Waals surface area contributed by atoms with Crippen molar-refractivity contribution in [2.45, 2.75) is 64.1 Å². The van der Waals surface area contributed by atoms with Crippen LogP contribution in [0, 0.1) is 6.92 Å². The SMILES string of the molecule is CCOc1ccc(N(CC(=O)N(Cc2ccc(Cl)cc2)C(Cc2ccccc2)C(=O)NC(C)(C)C)S(=O)(=O)c2ccc(C)cc2)cc1. The van der Waals surface area contributed by atoms with Crippen LogP contribution in [0.15, 0.2) is 108 Å². The zero-order valence-electron chi connectivity index (χ0n) is 27.4. The Morgan fingerprint density at radius 2 is 1.47 bits per heavy atom. The summed E-state index contributed by atoms with van der Waals surface area (Å²) in [6.07, 6.45) is 0.218. The maximum atomic E-state index is 14.6. The molecular formula is C37H42ClN3O5S.